The van der Waals surface area contributed by atoms with E-state index in [1.54, 1.807) is 19.9 Å². The number of amides is 2. The molecule has 0 aliphatic rings. The van der Waals surface area contributed by atoms with Gasteiger partial charge in [-0.3, -0.25) is 9.59 Å². The average Bonchev–Trinajstić information content (AvgIpc) is 2.80. The van der Waals surface area contributed by atoms with Gasteiger partial charge in [0.1, 0.15) is 5.76 Å². The molecule has 0 bridgehead atoms. The number of hydrogen-bond donors (Lipinski definition) is 3. The van der Waals surface area contributed by atoms with Crippen molar-refractivity contribution in [2.45, 2.75) is 38.5 Å². The van der Waals surface area contributed by atoms with E-state index in [2.05, 4.69) is 15.8 Å². The normalized spacial score (nSPS) is 13.5. The lowest BCUT2D eigenvalue weighted by Crippen LogP contribution is -2.31. The molecule has 1 heterocycles. The Labute approximate surface area is 128 Å². The molecule has 2 amide bonds. The first kappa shape index (κ1) is 17.5. The van der Waals surface area contributed by atoms with Gasteiger partial charge >= 0.3 is 0 Å². The predicted octanol–water partition coefficient (Wildman–Crippen LogP) is 0.897. The van der Waals surface area contributed by atoms with Gasteiger partial charge in [0.05, 0.1) is 11.0 Å². The number of nitrogens with two attached hydrogens (primary N) is 1. The van der Waals surface area contributed by atoms with Gasteiger partial charge in [-0.05, 0) is 27.2 Å². The second-order valence-electron chi connectivity index (χ2n) is 4.88. The summed E-state index contributed by atoms with van der Waals surface area (Å²) in [4.78, 5) is 23.5. The van der Waals surface area contributed by atoms with Crippen LogP contribution in [-0.4, -0.2) is 40.6 Å². The fourth-order valence-electron chi connectivity index (χ4n) is 1.42. The SMILES string of the molecule is Cc1cc(NC(=O)C(C)SCC(=O)NCCC(C)N)no1. The number of anilines is 1. The largest absolute Gasteiger partial charge is 0.360 e. The summed E-state index contributed by atoms with van der Waals surface area (Å²) in [6.07, 6.45) is 0.734. The minimum absolute atomic E-state index is 0.0635. The molecule has 0 aromatic carbocycles. The van der Waals surface area contributed by atoms with Crippen molar-refractivity contribution in [2.75, 3.05) is 17.6 Å². The molecule has 2 unspecified atom stereocenters. The Bertz CT molecular complexity index is 476. The monoisotopic (exact) mass is 314 g/mol. The Balaban J connectivity index is 2.24. The van der Waals surface area contributed by atoms with Crippen molar-refractivity contribution >= 4 is 29.4 Å². The summed E-state index contributed by atoms with van der Waals surface area (Å²) < 4.78 is 4.86. The Morgan fingerprint density at radius 3 is 2.76 bits per heavy atom. The molecule has 0 saturated carbocycles. The number of hydrogen-bond acceptors (Lipinski definition) is 6. The highest BCUT2D eigenvalue weighted by Gasteiger charge is 2.16. The van der Waals surface area contributed by atoms with Gasteiger partial charge in [-0.1, -0.05) is 5.16 Å². The lowest BCUT2D eigenvalue weighted by molar-refractivity contribution is -0.118. The molecular formula is C13H22N4O3S. The number of nitrogens with one attached hydrogen (secondary N) is 2. The summed E-state index contributed by atoms with van der Waals surface area (Å²) in [6, 6.07) is 1.70. The van der Waals surface area contributed by atoms with Crippen molar-refractivity contribution in [3.63, 3.8) is 0 Å². The van der Waals surface area contributed by atoms with E-state index in [1.807, 2.05) is 6.92 Å². The fourth-order valence-corrected chi connectivity index (χ4v) is 2.13. The highest BCUT2D eigenvalue weighted by molar-refractivity contribution is 8.01. The molecule has 1 aromatic rings. The lowest BCUT2D eigenvalue weighted by atomic mass is 10.2. The van der Waals surface area contributed by atoms with Crippen LogP contribution in [0.3, 0.4) is 0 Å². The molecule has 0 aliphatic carbocycles. The number of carbonyl (C=O) groups is 2. The van der Waals surface area contributed by atoms with Gasteiger partial charge in [-0.25, -0.2) is 0 Å². The van der Waals surface area contributed by atoms with Crippen LogP contribution < -0.4 is 16.4 Å². The quantitative estimate of drug-likeness (QED) is 0.657. The molecule has 2 atom stereocenters. The van der Waals surface area contributed by atoms with Crippen LogP contribution in [-0.2, 0) is 9.59 Å². The first-order valence-electron chi connectivity index (χ1n) is 6.76. The van der Waals surface area contributed by atoms with Gasteiger partial charge in [-0.15, -0.1) is 11.8 Å². The van der Waals surface area contributed by atoms with Gasteiger partial charge in [0.2, 0.25) is 11.8 Å². The van der Waals surface area contributed by atoms with Gasteiger partial charge in [-0.2, -0.15) is 0 Å². The first-order valence-corrected chi connectivity index (χ1v) is 7.81. The Kier molecular flexibility index (Phi) is 7.24. The lowest BCUT2D eigenvalue weighted by Gasteiger charge is -2.11. The third-order valence-corrected chi connectivity index (χ3v) is 3.78. The van der Waals surface area contributed by atoms with E-state index in [0.29, 0.717) is 18.1 Å². The maximum atomic E-state index is 11.9. The number of rotatable bonds is 8. The van der Waals surface area contributed by atoms with E-state index in [-0.39, 0.29) is 28.9 Å². The van der Waals surface area contributed by atoms with Crippen LogP contribution in [0.25, 0.3) is 0 Å². The van der Waals surface area contributed by atoms with Crippen LogP contribution in [0.4, 0.5) is 5.82 Å². The van der Waals surface area contributed by atoms with Crippen molar-refractivity contribution in [2.24, 2.45) is 5.73 Å². The molecule has 1 rings (SSSR count). The second-order valence-corrected chi connectivity index (χ2v) is 6.21. The van der Waals surface area contributed by atoms with E-state index in [0.717, 1.165) is 6.42 Å². The van der Waals surface area contributed by atoms with Crippen LogP contribution in [0.2, 0.25) is 0 Å². The van der Waals surface area contributed by atoms with Crippen LogP contribution in [0.15, 0.2) is 10.6 Å². The summed E-state index contributed by atoms with van der Waals surface area (Å²) in [7, 11) is 0. The second kappa shape index (κ2) is 8.68. The smallest absolute Gasteiger partial charge is 0.238 e. The number of nitrogens with zero attached hydrogens (tertiary/aromatic N) is 1. The molecule has 0 saturated heterocycles. The maximum absolute atomic E-state index is 11.9. The summed E-state index contributed by atoms with van der Waals surface area (Å²) in [5, 5.41) is 8.72. The first-order chi connectivity index (χ1) is 9.88. The molecule has 8 heteroatoms. The molecule has 7 nitrogen and oxygen atoms in total. The van der Waals surface area contributed by atoms with Crippen LogP contribution in [0, 0.1) is 6.92 Å². The zero-order valence-corrected chi connectivity index (χ0v) is 13.3. The van der Waals surface area contributed by atoms with E-state index >= 15 is 0 Å². The van der Waals surface area contributed by atoms with E-state index in [9.17, 15) is 9.59 Å². The molecular weight excluding hydrogens is 292 g/mol. The number of aryl methyl sites for hydroxylation is 1. The Hall–Kier alpha value is -1.54. The topological polar surface area (TPSA) is 110 Å². The highest BCUT2D eigenvalue weighted by Crippen LogP contribution is 2.14. The van der Waals surface area contributed by atoms with Gasteiger partial charge < -0.3 is 20.9 Å². The van der Waals surface area contributed by atoms with Crippen LogP contribution >= 0.6 is 11.8 Å². The number of aromatic nitrogens is 1. The van der Waals surface area contributed by atoms with E-state index < -0.39 is 0 Å². The summed E-state index contributed by atoms with van der Waals surface area (Å²) in [5.74, 6) is 0.922. The molecule has 0 fully saturated rings. The standard InChI is InChI=1S/C13H22N4O3S/c1-8(14)4-5-15-12(18)7-21-10(3)13(19)16-11-6-9(2)20-17-11/h6,8,10H,4-5,7,14H2,1-3H3,(H,15,18)(H,16,17,19). The summed E-state index contributed by atoms with van der Waals surface area (Å²) in [5.41, 5.74) is 5.59. The van der Waals surface area contributed by atoms with Crippen LogP contribution in [0.1, 0.15) is 26.0 Å². The van der Waals surface area contributed by atoms with Gasteiger partial charge in [0.25, 0.3) is 0 Å². The van der Waals surface area contributed by atoms with E-state index in [4.69, 9.17) is 10.3 Å². The fraction of sp³-hybridized carbons (Fsp3) is 0.615. The predicted molar refractivity (Wildman–Crippen MR) is 83.1 cm³/mol. The zero-order chi connectivity index (χ0) is 15.8. The zero-order valence-electron chi connectivity index (χ0n) is 12.5. The van der Waals surface area contributed by atoms with Crippen molar-refractivity contribution < 1.29 is 14.1 Å². The van der Waals surface area contributed by atoms with Crippen molar-refractivity contribution in [1.82, 2.24) is 10.5 Å². The third-order valence-electron chi connectivity index (χ3n) is 2.63. The molecule has 21 heavy (non-hydrogen) atoms. The molecule has 0 spiro atoms. The minimum Gasteiger partial charge on any atom is -0.360 e. The van der Waals surface area contributed by atoms with Gasteiger partial charge in [0, 0.05) is 18.7 Å². The maximum Gasteiger partial charge on any atom is 0.238 e. The molecule has 1 aromatic heterocycles. The highest BCUT2D eigenvalue weighted by atomic mass is 32.2. The Morgan fingerprint density at radius 1 is 1.48 bits per heavy atom. The van der Waals surface area contributed by atoms with Crippen LogP contribution in [0.5, 0.6) is 0 Å². The number of thioether (sulfide) groups is 1. The minimum atomic E-state index is -0.360. The molecule has 0 aliphatic heterocycles. The third kappa shape index (κ3) is 7.14. The van der Waals surface area contributed by atoms with E-state index in [1.165, 1.54) is 11.8 Å². The van der Waals surface area contributed by atoms with Crippen molar-refractivity contribution in [3.8, 4) is 0 Å². The van der Waals surface area contributed by atoms with Crippen molar-refractivity contribution in [3.05, 3.63) is 11.8 Å². The Morgan fingerprint density at radius 2 is 2.19 bits per heavy atom. The molecule has 0 radical (unpaired) electrons. The molecule has 118 valence electrons. The van der Waals surface area contributed by atoms with Crippen molar-refractivity contribution in [1.29, 1.82) is 0 Å². The van der Waals surface area contributed by atoms with Gasteiger partial charge in [0.15, 0.2) is 5.82 Å². The molecule has 4 N–H and O–H groups in total. The average molecular weight is 314 g/mol. The summed E-state index contributed by atoms with van der Waals surface area (Å²) >= 11 is 1.26. The number of carbonyl (C=O) groups excluding carboxylic acids is 2. The summed E-state index contributed by atoms with van der Waals surface area (Å²) in [6.45, 7) is 5.92.